The maximum absolute atomic E-state index is 9.38. The topological polar surface area (TPSA) is 44.7 Å². The zero-order valence-corrected chi connectivity index (χ0v) is 12.5. The van der Waals surface area contributed by atoms with Gasteiger partial charge < -0.3 is 20.1 Å². The van der Waals surface area contributed by atoms with E-state index in [-0.39, 0.29) is 6.10 Å². The quantitative estimate of drug-likeness (QED) is 0.710. The van der Waals surface area contributed by atoms with E-state index < -0.39 is 0 Å². The van der Waals surface area contributed by atoms with Crippen LogP contribution >= 0.6 is 0 Å². The molecule has 0 saturated heterocycles. The molecule has 4 nitrogen and oxygen atoms in total. The van der Waals surface area contributed by atoms with Crippen LogP contribution in [0.4, 0.5) is 5.69 Å². The number of ether oxygens (including phenoxy) is 1. The summed E-state index contributed by atoms with van der Waals surface area (Å²) in [5.41, 5.74) is 2.59. The van der Waals surface area contributed by atoms with Crippen molar-refractivity contribution in [2.24, 2.45) is 5.92 Å². The van der Waals surface area contributed by atoms with Crippen molar-refractivity contribution in [1.82, 2.24) is 5.32 Å². The van der Waals surface area contributed by atoms with Crippen molar-refractivity contribution in [2.45, 2.75) is 25.5 Å². The van der Waals surface area contributed by atoms with Crippen molar-refractivity contribution in [1.29, 1.82) is 0 Å². The fourth-order valence-corrected chi connectivity index (χ4v) is 2.77. The van der Waals surface area contributed by atoms with E-state index in [9.17, 15) is 5.11 Å². The number of aliphatic hydroxyl groups excluding tert-OH is 1. The Morgan fingerprint density at radius 1 is 1.35 bits per heavy atom. The molecule has 0 aromatic heterocycles. The van der Waals surface area contributed by atoms with Crippen LogP contribution in [0.2, 0.25) is 0 Å². The summed E-state index contributed by atoms with van der Waals surface area (Å²) < 4.78 is 5.05. The highest BCUT2D eigenvalue weighted by molar-refractivity contribution is 5.53. The first-order valence-electron chi connectivity index (χ1n) is 7.37. The summed E-state index contributed by atoms with van der Waals surface area (Å²) in [6.07, 6.45) is 1.82. The SMILES string of the molecule is COCCNCc1ccccc1N(C)CC1CC(O)C1. The van der Waals surface area contributed by atoms with Crippen molar-refractivity contribution < 1.29 is 9.84 Å². The first kappa shape index (κ1) is 15.3. The van der Waals surface area contributed by atoms with Gasteiger partial charge >= 0.3 is 0 Å². The van der Waals surface area contributed by atoms with Gasteiger partial charge in [-0.15, -0.1) is 0 Å². The maximum Gasteiger partial charge on any atom is 0.0587 e. The molecule has 0 amide bonds. The van der Waals surface area contributed by atoms with Gasteiger partial charge in [0.2, 0.25) is 0 Å². The van der Waals surface area contributed by atoms with Crippen LogP contribution in [0.15, 0.2) is 24.3 Å². The molecule has 1 aromatic rings. The van der Waals surface area contributed by atoms with Crippen molar-refractivity contribution in [2.75, 3.05) is 38.8 Å². The Kier molecular flexibility index (Phi) is 5.83. The van der Waals surface area contributed by atoms with Gasteiger partial charge in [0.25, 0.3) is 0 Å². The minimum absolute atomic E-state index is 0.0700. The second-order valence-corrected chi connectivity index (χ2v) is 5.67. The number of hydrogen-bond acceptors (Lipinski definition) is 4. The summed E-state index contributed by atoms with van der Waals surface area (Å²) in [5, 5.41) is 12.8. The van der Waals surface area contributed by atoms with E-state index in [1.165, 1.54) is 11.3 Å². The normalized spacial score (nSPS) is 21.6. The molecule has 0 atom stereocenters. The van der Waals surface area contributed by atoms with Gasteiger partial charge in [0.1, 0.15) is 0 Å². The minimum Gasteiger partial charge on any atom is -0.393 e. The van der Waals surface area contributed by atoms with Gasteiger partial charge in [-0.1, -0.05) is 18.2 Å². The van der Waals surface area contributed by atoms with Crippen LogP contribution in [0.3, 0.4) is 0 Å². The number of hydrogen-bond donors (Lipinski definition) is 2. The lowest BCUT2D eigenvalue weighted by Crippen LogP contribution is -2.37. The van der Waals surface area contributed by atoms with E-state index in [2.05, 4.69) is 41.5 Å². The molecular weight excluding hydrogens is 252 g/mol. The largest absolute Gasteiger partial charge is 0.393 e. The summed E-state index contributed by atoms with van der Waals surface area (Å²) in [4.78, 5) is 2.31. The highest BCUT2D eigenvalue weighted by atomic mass is 16.5. The van der Waals surface area contributed by atoms with E-state index in [0.717, 1.165) is 39.1 Å². The van der Waals surface area contributed by atoms with Crippen LogP contribution in [0.25, 0.3) is 0 Å². The lowest BCUT2D eigenvalue weighted by molar-refractivity contribution is 0.0464. The van der Waals surface area contributed by atoms with Crippen LogP contribution in [-0.2, 0) is 11.3 Å². The van der Waals surface area contributed by atoms with Crippen LogP contribution in [0.5, 0.6) is 0 Å². The number of nitrogens with zero attached hydrogens (tertiary/aromatic N) is 1. The molecule has 20 heavy (non-hydrogen) atoms. The molecule has 0 heterocycles. The standard InChI is InChI=1S/C16H26N2O2/c1-18(12-13-9-15(19)10-13)16-6-4-3-5-14(16)11-17-7-8-20-2/h3-6,13,15,17,19H,7-12H2,1-2H3. The number of rotatable bonds is 8. The number of benzene rings is 1. The zero-order chi connectivity index (χ0) is 14.4. The van der Waals surface area contributed by atoms with E-state index in [4.69, 9.17) is 4.74 Å². The summed E-state index contributed by atoms with van der Waals surface area (Å²) in [7, 11) is 3.86. The molecule has 112 valence electrons. The van der Waals surface area contributed by atoms with E-state index in [1.54, 1.807) is 7.11 Å². The molecule has 0 unspecified atom stereocenters. The number of methoxy groups -OCH3 is 1. The number of nitrogens with one attached hydrogen (secondary N) is 1. The molecule has 2 rings (SSSR count). The van der Waals surface area contributed by atoms with E-state index >= 15 is 0 Å². The Labute approximate surface area is 121 Å². The van der Waals surface area contributed by atoms with Gasteiger partial charge in [-0.05, 0) is 30.4 Å². The summed E-state index contributed by atoms with van der Waals surface area (Å²) >= 11 is 0. The lowest BCUT2D eigenvalue weighted by atomic mass is 9.82. The molecule has 0 bridgehead atoms. The van der Waals surface area contributed by atoms with Crippen molar-refractivity contribution in [3.8, 4) is 0 Å². The van der Waals surface area contributed by atoms with Gasteiger partial charge in [-0.25, -0.2) is 0 Å². The molecule has 1 aliphatic rings. The monoisotopic (exact) mass is 278 g/mol. The zero-order valence-electron chi connectivity index (χ0n) is 12.5. The second-order valence-electron chi connectivity index (χ2n) is 5.67. The summed E-state index contributed by atoms with van der Waals surface area (Å²) in [6.45, 7) is 3.48. The first-order chi connectivity index (χ1) is 9.70. The van der Waals surface area contributed by atoms with Crippen LogP contribution in [0.1, 0.15) is 18.4 Å². The Balaban J connectivity index is 1.88. The van der Waals surface area contributed by atoms with Gasteiger partial charge in [0.05, 0.1) is 12.7 Å². The Hall–Kier alpha value is -1.10. The van der Waals surface area contributed by atoms with E-state index in [1.807, 2.05) is 0 Å². The minimum atomic E-state index is -0.0700. The fourth-order valence-electron chi connectivity index (χ4n) is 2.77. The molecule has 0 aliphatic heterocycles. The summed E-state index contributed by atoms with van der Waals surface area (Å²) in [5.74, 6) is 0.629. The molecule has 1 aliphatic carbocycles. The summed E-state index contributed by atoms with van der Waals surface area (Å²) in [6, 6.07) is 8.50. The third kappa shape index (κ3) is 4.20. The predicted molar refractivity (Wildman–Crippen MR) is 82.0 cm³/mol. The van der Waals surface area contributed by atoms with E-state index in [0.29, 0.717) is 5.92 Å². The van der Waals surface area contributed by atoms with Crippen molar-refractivity contribution in [3.63, 3.8) is 0 Å². The Morgan fingerprint density at radius 3 is 2.80 bits per heavy atom. The number of aliphatic hydroxyl groups is 1. The average Bonchev–Trinajstić information content (AvgIpc) is 2.42. The molecule has 1 fully saturated rings. The highest BCUT2D eigenvalue weighted by Gasteiger charge is 2.28. The molecule has 0 spiro atoms. The smallest absolute Gasteiger partial charge is 0.0587 e. The molecule has 1 saturated carbocycles. The lowest BCUT2D eigenvalue weighted by Gasteiger charge is -2.35. The molecule has 2 N–H and O–H groups in total. The number of para-hydroxylation sites is 1. The second kappa shape index (κ2) is 7.62. The highest BCUT2D eigenvalue weighted by Crippen LogP contribution is 2.30. The van der Waals surface area contributed by atoms with Crippen LogP contribution < -0.4 is 10.2 Å². The van der Waals surface area contributed by atoms with Gasteiger partial charge in [0.15, 0.2) is 0 Å². The van der Waals surface area contributed by atoms with Gasteiger partial charge in [0, 0.05) is 39.5 Å². The van der Waals surface area contributed by atoms with Gasteiger partial charge in [-0.2, -0.15) is 0 Å². The van der Waals surface area contributed by atoms with Crippen molar-refractivity contribution in [3.05, 3.63) is 29.8 Å². The van der Waals surface area contributed by atoms with Crippen LogP contribution in [-0.4, -0.2) is 45.1 Å². The Bertz CT molecular complexity index is 405. The third-order valence-corrected chi connectivity index (χ3v) is 3.94. The first-order valence-corrected chi connectivity index (χ1v) is 7.37. The van der Waals surface area contributed by atoms with Crippen molar-refractivity contribution >= 4 is 5.69 Å². The molecule has 0 radical (unpaired) electrons. The molecule has 1 aromatic carbocycles. The van der Waals surface area contributed by atoms with Crippen LogP contribution in [0, 0.1) is 5.92 Å². The predicted octanol–water partition coefficient (Wildman–Crippen LogP) is 1.63. The molecule has 4 heteroatoms. The fraction of sp³-hybridized carbons (Fsp3) is 0.625. The van der Waals surface area contributed by atoms with Gasteiger partial charge in [-0.3, -0.25) is 0 Å². The third-order valence-electron chi connectivity index (χ3n) is 3.94. The Morgan fingerprint density at radius 2 is 2.10 bits per heavy atom. The maximum atomic E-state index is 9.38. The average molecular weight is 278 g/mol. The molecular formula is C16H26N2O2. The number of anilines is 1.